The fourth-order valence-corrected chi connectivity index (χ4v) is 0.596. The van der Waals surface area contributed by atoms with E-state index >= 15 is 0 Å². The highest BCUT2D eigenvalue weighted by Crippen LogP contribution is 2.09. The molecule has 0 aromatic heterocycles. The van der Waals surface area contributed by atoms with Gasteiger partial charge in [0.05, 0.1) is 6.67 Å². The summed E-state index contributed by atoms with van der Waals surface area (Å²) in [5.41, 5.74) is 5.01. The number of hydrogen-bond donors (Lipinski definition) is 2. The number of hydrogen-bond acceptors (Lipinski definition) is 2. The van der Waals surface area contributed by atoms with Crippen molar-refractivity contribution in [2.24, 2.45) is 5.73 Å². The Hall–Kier alpha value is -0.150. The van der Waals surface area contributed by atoms with Crippen molar-refractivity contribution in [3.8, 4) is 0 Å². The van der Waals surface area contributed by atoms with Gasteiger partial charge in [0.1, 0.15) is 0 Å². The van der Waals surface area contributed by atoms with E-state index in [1.54, 1.807) is 6.92 Å². The van der Waals surface area contributed by atoms with E-state index in [4.69, 9.17) is 10.8 Å². The van der Waals surface area contributed by atoms with E-state index in [0.29, 0.717) is 12.8 Å². The van der Waals surface area contributed by atoms with Gasteiger partial charge in [-0.3, -0.25) is 4.39 Å². The molecular formula is C6H14FNO. The van der Waals surface area contributed by atoms with Gasteiger partial charge in [-0.1, -0.05) is 0 Å². The van der Waals surface area contributed by atoms with E-state index in [0.717, 1.165) is 0 Å². The zero-order chi connectivity index (χ0) is 7.33. The summed E-state index contributed by atoms with van der Waals surface area (Å²) in [7, 11) is 0. The van der Waals surface area contributed by atoms with Crippen LogP contribution in [0, 0.1) is 0 Å². The van der Waals surface area contributed by atoms with Crippen LogP contribution in [0.2, 0.25) is 0 Å². The minimum Gasteiger partial charge on any atom is -0.396 e. The van der Waals surface area contributed by atoms with Crippen molar-refractivity contribution in [1.29, 1.82) is 0 Å². The summed E-state index contributed by atoms with van der Waals surface area (Å²) in [5.74, 6) is 0. The van der Waals surface area contributed by atoms with Crippen molar-refractivity contribution in [2.45, 2.75) is 25.3 Å². The highest BCUT2D eigenvalue weighted by molar-refractivity contribution is 4.76. The number of nitrogens with two attached hydrogens (primary N) is 1. The minimum atomic E-state index is -0.524. The Morgan fingerprint density at radius 1 is 1.56 bits per heavy atom. The average Bonchev–Trinajstić information content (AvgIpc) is 1.64. The highest BCUT2D eigenvalue weighted by Gasteiger charge is 2.16. The lowest BCUT2D eigenvalue weighted by atomic mass is 9.96. The van der Waals surface area contributed by atoms with Crippen LogP contribution in [0.4, 0.5) is 4.39 Å². The van der Waals surface area contributed by atoms with Crippen LogP contribution in [0.25, 0.3) is 0 Å². The number of halogens is 1. The van der Waals surface area contributed by atoms with E-state index in [1.165, 1.54) is 0 Å². The third-order valence-corrected chi connectivity index (χ3v) is 1.35. The molecule has 0 saturated heterocycles. The Balaban J connectivity index is 3.43. The molecule has 3 heteroatoms. The van der Waals surface area contributed by atoms with Crippen molar-refractivity contribution in [3.63, 3.8) is 0 Å². The maximum atomic E-state index is 11.7. The van der Waals surface area contributed by atoms with Gasteiger partial charge in [0.15, 0.2) is 0 Å². The molecule has 0 aliphatic rings. The molecule has 0 heterocycles. The number of aliphatic hydroxyl groups excluding tert-OH is 1. The Morgan fingerprint density at radius 3 is 2.44 bits per heavy atom. The largest absolute Gasteiger partial charge is 0.396 e. The molecule has 0 saturated carbocycles. The van der Waals surface area contributed by atoms with Crippen LogP contribution in [-0.2, 0) is 0 Å². The van der Waals surface area contributed by atoms with Crippen molar-refractivity contribution >= 4 is 0 Å². The van der Waals surface area contributed by atoms with Crippen molar-refractivity contribution in [2.75, 3.05) is 13.3 Å². The summed E-state index contributed by atoms with van der Waals surface area (Å²) >= 11 is 0. The monoisotopic (exact) mass is 135 g/mol. The summed E-state index contributed by atoms with van der Waals surface area (Å²) in [5, 5.41) is 8.43. The van der Waals surface area contributed by atoms with E-state index < -0.39 is 12.2 Å². The Kier molecular flexibility index (Phi) is 3.73. The molecule has 0 radical (unpaired) electrons. The molecule has 1 unspecified atom stereocenters. The van der Waals surface area contributed by atoms with Crippen molar-refractivity contribution in [1.82, 2.24) is 0 Å². The van der Waals surface area contributed by atoms with Gasteiger partial charge in [-0.2, -0.15) is 0 Å². The van der Waals surface area contributed by atoms with Gasteiger partial charge in [-0.15, -0.1) is 0 Å². The minimum absolute atomic E-state index is 0.0347. The molecule has 0 aromatic rings. The zero-order valence-electron chi connectivity index (χ0n) is 5.73. The molecule has 0 spiro atoms. The van der Waals surface area contributed by atoms with Gasteiger partial charge in [0.2, 0.25) is 0 Å². The number of rotatable bonds is 4. The quantitative estimate of drug-likeness (QED) is 0.587. The fourth-order valence-electron chi connectivity index (χ4n) is 0.596. The van der Waals surface area contributed by atoms with E-state index in [2.05, 4.69) is 0 Å². The first kappa shape index (κ1) is 8.85. The van der Waals surface area contributed by atoms with Crippen molar-refractivity contribution < 1.29 is 9.50 Å². The second-order valence-corrected chi connectivity index (χ2v) is 2.57. The maximum absolute atomic E-state index is 11.7. The van der Waals surface area contributed by atoms with Crippen LogP contribution in [0.3, 0.4) is 0 Å². The van der Waals surface area contributed by atoms with Gasteiger partial charge in [0, 0.05) is 12.1 Å². The van der Waals surface area contributed by atoms with Crippen molar-refractivity contribution in [3.05, 3.63) is 0 Å². The first-order chi connectivity index (χ1) is 4.12. The summed E-state index contributed by atoms with van der Waals surface area (Å²) < 4.78 is 11.7. The topological polar surface area (TPSA) is 46.2 Å². The molecule has 0 amide bonds. The van der Waals surface area contributed by atoms with Gasteiger partial charge in [0.25, 0.3) is 0 Å². The molecule has 0 aliphatic heterocycles. The Labute approximate surface area is 54.9 Å². The Bertz CT molecular complexity index is 67.5. The Morgan fingerprint density at radius 2 is 2.11 bits per heavy atom. The average molecular weight is 135 g/mol. The lowest BCUT2D eigenvalue weighted by molar-refractivity contribution is 0.231. The molecule has 56 valence electrons. The molecule has 9 heavy (non-hydrogen) atoms. The number of alkyl halides is 1. The standard InChI is InChI=1S/C6H14FNO/c1-6(8,2-4-7)3-5-9/h9H,2-5,8H2,1H3. The van der Waals surface area contributed by atoms with Gasteiger partial charge < -0.3 is 10.8 Å². The van der Waals surface area contributed by atoms with Crippen LogP contribution in [0.5, 0.6) is 0 Å². The zero-order valence-corrected chi connectivity index (χ0v) is 5.73. The van der Waals surface area contributed by atoms with Crippen LogP contribution >= 0.6 is 0 Å². The SMILES string of the molecule is CC(N)(CCO)CCF. The molecule has 0 aliphatic carbocycles. The predicted octanol–water partition coefficient (Wildman–Crippen LogP) is 0.446. The van der Waals surface area contributed by atoms with Gasteiger partial charge >= 0.3 is 0 Å². The van der Waals surface area contributed by atoms with Crippen LogP contribution < -0.4 is 5.73 Å². The van der Waals surface area contributed by atoms with Gasteiger partial charge in [-0.25, -0.2) is 0 Å². The third kappa shape index (κ3) is 4.36. The first-order valence-electron chi connectivity index (χ1n) is 3.08. The molecule has 0 bridgehead atoms. The molecule has 0 fully saturated rings. The lowest BCUT2D eigenvalue weighted by Gasteiger charge is -2.21. The summed E-state index contributed by atoms with van der Waals surface area (Å²) in [6, 6.07) is 0. The van der Waals surface area contributed by atoms with Crippen LogP contribution in [-0.4, -0.2) is 23.9 Å². The van der Waals surface area contributed by atoms with E-state index in [9.17, 15) is 4.39 Å². The van der Waals surface area contributed by atoms with E-state index in [1.807, 2.05) is 0 Å². The molecule has 0 rings (SSSR count). The molecule has 0 aromatic carbocycles. The third-order valence-electron chi connectivity index (χ3n) is 1.35. The second-order valence-electron chi connectivity index (χ2n) is 2.57. The fraction of sp³-hybridized carbons (Fsp3) is 1.00. The number of aliphatic hydroxyl groups is 1. The molecule has 1 atom stereocenters. The second kappa shape index (κ2) is 3.80. The summed E-state index contributed by atoms with van der Waals surface area (Å²) in [4.78, 5) is 0. The molecule has 3 N–H and O–H groups in total. The van der Waals surface area contributed by atoms with Crippen LogP contribution in [0.15, 0.2) is 0 Å². The highest BCUT2D eigenvalue weighted by atomic mass is 19.1. The summed E-state index contributed by atoms with van der Waals surface area (Å²) in [6.45, 7) is 1.36. The summed E-state index contributed by atoms with van der Waals surface area (Å²) in [6.07, 6.45) is 0.796. The smallest absolute Gasteiger partial charge is 0.0911 e. The van der Waals surface area contributed by atoms with E-state index in [-0.39, 0.29) is 6.61 Å². The predicted molar refractivity (Wildman–Crippen MR) is 34.9 cm³/mol. The first-order valence-corrected chi connectivity index (χ1v) is 3.08. The molecule has 2 nitrogen and oxygen atoms in total. The van der Waals surface area contributed by atoms with Crippen LogP contribution in [0.1, 0.15) is 19.8 Å². The molecular weight excluding hydrogens is 121 g/mol. The maximum Gasteiger partial charge on any atom is 0.0911 e. The van der Waals surface area contributed by atoms with Gasteiger partial charge in [-0.05, 0) is 19.8 Å². The lowest BCUT2D eigenvalue weighted by Crippen LogP contribution is -2.37. The normalized spacial score (nSPS) is 17.3.